The highest BCUT2D eigenvalue weighted by molar-refractivity contribution is 5.77. The smallest absolute Gasteiger partial charge is 0.260 e. The molecular weight excluding hydrogens is 300 g/mol. The number of carbonyl (C=O) groups is 1. The third-order valence-corrected chi connectivity index (χ3v) is 3.97. The van der Waals surface area contributed by atoms with Gasteiger partial charge < -0.3 is 9.64 Å². The standard InChI is InChI=1S/C20H22N2O2/c1-16-8-6-11-19(17(16)2)24-15-20(23)22(13-7-12-21)14-18-9-4-3-5-10-18/h3-6,8-11H,7,13-15H2,1-2H3. The number of hydrogen-bond acceptors (Lipinski definition) is 3. The van der Waals surface area contributed by atoms with Crippen molar-refractivity contribution < 1.29 is 9.53 Å². The summed E-state index contributed by atoms with van der Waals surface area (Å²) in [5.41, 5.74) is 3.21. The summed E-state index contributed by atoms with van der Waals surface area (Å²) in [4.78, 5) is 14.2. The van der Waals surface area contributed by atoms with Gasteiger partial charge in [0.2, 0.25) is 0 Å². The average molecular weight is 322 g/mol. The Morgan fingerprint density at radius 1 is 1.12 bits per heavy atom. The van der Waals surface area contributed by atoms with Gasteiger partial charge in [-0.3, -0.25) is 4.79 Å². The molecule has 0 aliphatic carbocycles. The minimum absolute atomic E-state index is 0.0252. The summed E-state index contributed by atoms with van der Waals surface area (Å²) in [7, 11) is 0. The van der Waals surface area contributed by atoms with Gasteiger partial charge in [0.25, 0.3) is 5.91 Å². The lowest BCUT2D eigenvalue weighted by Crippen LogP contribution is -2.35. The average Bonchev–Trinajstić information content (AvgIpc) is 2.60. The van der Waals surface area contributed by atoms with E-state index >= 15 is 0 Å². The molecule has 0 spiro atoms. The fourth-order valence-corrected chi connectivity index (χ4v) is 2.39. The molecule has 0 fully saturated rings. The number of nitriles is 1. The van der Waals surface area contributed by atoms with Crippen molar-refractivity contribution in [3.63, 3.8) is 0 Å². The molecule has 0 heterocycles. The number of benzene rings is 2. The Morgan fingerprint density at radius 2 is 1.88 bits per heavy atom. The molecule has 0 atom stereocenters. The maximum atomic E-state index is 12.5. The van der Waals surface area contributed by atoms with Gasteiger partial charge in [-0.05, 0) is 36.6 Å². The normalized spacial score (nSPS) is 10.0. The van der Waals surface area contributed by atoms with Crippen LogP contribution in [0.1, 0.15) is 23.1 Å². The fourth-order valence-electron chi connectivity index (χ4n) is 2.39. The van der Waals surface area contributed by atoms with Gasteiger partial charge >= 0.3 is 0 Å². The van der Waals surface area contributed by atoms with Crippen molar-refractivity contribution in [2.24, 2.45) is 0 Å². The Hall–Kier alpha value is -2.80. The zero-order valence-electron chi connectivity index (χ0n) is 14.2. The van der Waals surface area contributed by atoms with E-state index in [0.717, 1.165) is 22.4 Å². The van der Waals surface area contributed by atoms with E-state index in [1.54, 1.807) is 4.90 Å². The van der Waals surface area contributed by atoms with Gasteiger partial charge in [0.1, 0.15) is 5.75 Å². The first-order chi connectivity index (χ1) is 11.6. The van der Waals surface area contributed by atoms with Crippen LogP contribution in [-0.2, 0) is 11.3 Å². The van der Waals surface area contributed by atoms with Crippen LogP contribution in [0.2, 0.25) is 0 Å². The summed E-state index contributed by atoms with van der Waals surface area (Å²) >= 11 is 0. The first-order valence-corrected chi connectivity index (χ1v) is 7.99. The third kappa shape index (κ3) is 4.85. The molecule has 4 heteroatoms. The molecule has 0 unspecified atom stereocenters. The molecule has 0 radical (unpaired) electrons. The van der Waals surface area contributed by atoms with Crippen molar-refractivity contribution in [2.45, 2.75) is 26.8 Å². The van der Waals surface area contributed by atoms with Crippen LogP contribution in [0.15, 0.2) is 48.5 Å². The van der Waals surface area contributed by atoms with Gasteiger partial charge in [-0.2, -0.15) is 5.26 Å². The van der Waals surface area contributed by atoms with Gasteiger partial charge in [0.05, 0.1) is 12.5 Å². The van der Waals surface area contributed by atoms with Gasteiger partial charge in [-0.15, -0.1) is 0 Å². The Bertz CT molecular complexity index is 720. The highest BCUT2D eigenvalue weighted by Crippen LogP contribution is 2.20. The molecule has 0 aliphatic heterocycles. The predicted octanol–water partition coefficient (Wildman–Crippen LogP) is 3.62. The van der Waals surface area contributed by atoms with Gasteiger partial charge in [-0.1, -0.05) is 42.5 Å². The van der Waals surface area contributed by atoms with Crippen LogP contribution in [0, 0.1) is 25.2 Å². The molecule has 0 aromatic heterocycles. The molecule has 0 saturated heterocycles. The molecule has 0 saturated carbocycles. The highest BCUT2D eigenvalue weighted by atomic mass is 16.5. The Balaban J connectivity index is 2.02. The summed E-state index contributed by atoms with van der Waals surface area (Å²) in [5, 5.41) is 8.82. The minimum Gasteiger partial charge on any atom is -0.483 e. The van der Waals surface area contributed by atoms with Crippen molar-refractivity contribution in [3.05, 3.63) is 65.2 Å². The second-order valence-electron chi connectivity index (χ2n) is 5.70. The fraction of sp³-hybridized carbons (Fsp3) is 0.300. The molecule has 4 nitrogen and oxygen atoms in total. The third-order valence-electron chi connectivity index (χ3n) is 3.97. The van der Waals surface area contributed by atoms with Gasteiger partial charge in [-0.25, -0.2) is 0 Å². The molecule has 124 valence electrons. The Kier molecular flexibility index (Phi) is 6.39. The van der Waals surface area contributed by atoms with Crippen LogP contribution in [0.25, 0.3) is 0 Å². The maximum absolute atomic E-state index is 12.5. The van der Waals surface area contributed by atoms with Crippen LogP contribution in [0.3, 0.4) is 0 Å². The molecule has 0 aliphatic rings. The maximum Gasteiger partial charge on any atom is 0.260 e. The number of aryl methyl sites for hydroxylation is 1. The molecule has 2 aromatic carbocycles. The molecule has 0 N–H and O–H groups in total. The SMILES string of the molecule is Cc1cccc(OCC(=O)N(CCC#N)Cc2ccccc2)c1C. The first-order valence-electron chi connectivity index (χ1n) is 7.99. The van der Waals surface area contributed by atoms with Crippen molar-refractivity contribution >= 4 is 5.91 Å². The molecule has 0 bridgehead atoms. The Morgan fingerprint density at radius 3 is 2.58 bits per heavy atom. The second-order valence-corrected chi connectivity index (χ2v) is 5.70. The molecule has 24 heavy (non-hydrogen) atoms. The first kappa shape index (κ1) is 17.6. The number of carbonyl (C=O) groups excluding carboxylic acids is 1. The lowest BCUT2D eigenvalue weighted by Gasteiger charge is -2.22. The summed E-state index contributed by atoms with van der Waals surface area (Å²) in [5.74, 6) is 0.610. The van der Waals surface area contributed by atoms with Crippen LogP contribution < -0.4 is 4.74 Å². The number of nitrogens with zero attached hydrogens (tertiary/aromatic N) is 2. The minimum atomic E-state index is -0.116. The van der Waals surface area contributed by atoms with Crippen LogP contribution >= 0.6 is 0 Å². The van der Waals surface area contributed by atoms with Crippen molar-refractivity contribution in [1.29, 1.82) is 5.26 Å². The molecule has 1 amide bonds. The topological polar surface area (TPSA) is 53.3 Å². The molecular formula is C20H22N2O2. The van der Waals surface area contributed by atoms with E-state index in [1.165, 1.54) is 0 Å². The van der Waals surface area contributed by atoms with Crippen LogP contribution in [0.4, 0.5) is 0 Å². The number of amides is 1. The molecule has 2 rings (SSSR count). The van der Waals surface area contributed by atoms with Crippen molar-refractivity contribution in [1.82, 2.24) is 4.90 Å². The largest absolute Gasteiger partial charge is 0.483 e. The van der Waals surface area contributed by atoms with Crippen molar-refractivity contribution in [2.75, 3.05) is 13.2 Å². The van der Waals surface area contributed by atoms with E-state index in [0.29, 0.717) is 19.5 Å². The summed E-state index contributed by atoms with van der Waals surface area (Å²) in [6.07, 6.45) is 0.308. The number of hydrogen-bond donors (Lipinski definition) is 0. The quantitative estimate of drug-likeness (QED) is 0.782. The van der Waals surface area contributed by atoms with Crippen LogP contribution in [0.5, 0.6) is 5.75 Å². The highest BCUT2D eigenvalue weighted by Gasteiger charge is 2.15. The summed E-state index contributed by atoms with van der Waals surface area (Å²) in [6.45, 7) is 4.85. The van der Waals surface area contributed by atoms with Gasteiger partial charge in [0, 0.05) is 13.1 Å². The summed E-state index contributed by atoms with van der Waals surface area (Å²) in [6, 6.07) is 17.6. The number of ether oxygens (including phenoxy) is 1. The lowest BCUT2D eigenvalue weighted by atomic mass is 10.1. The van der Waals surface area contributed by atoms with E-state index in [4.69, 9.17) is 10.00 Å². The zero-order valence-corrected chi connectivity index (χ0v) is 14.2. The van der Waals surface area contributed by atoms with Crippen molar-refractivity contribution in [3.8, 4) is 11.8 Å². The lowest BCUT2D eigenvalue weighted by molar-refractivity contribution is -0.133. The van der Waals surface area contributed by atoms with E-state index < -0.39 is 0 Å². The van der Waals surface area contributed by atoms with E-state index in [9.17, 15) is 4.79 Å². The predicted molar refractivity (Wildman–Crippen MR) is 93.5 cm³/mol. The van der Waals surface area contributed by atoms with Crippen LogP contribution in [-0.4, -0.2) is 24.0 Å². The van der Waals surface area contributed by atoms with E-state index in [2.05, 4.69) is 6.07 Å². The van der Waals surface area contributed by atoms with E-state index in [-0.39, 0.29) is 12.5 Å². The molecule has 2 aromatic rings. The zero-order chi connectivity index (χ0) is 17.4. The Labute approximate surface area is 143 Å². The van der Waals surface area contributed by atoms with E-state index in [1.807, 2.05) is 62.4 Å². The number of rotatable bonds is 7. The van der Waals surface area contributed by atoms with Gasteiger partial charge in [0.15, 0.2) is 6.61 Å². The monoisotopic (exact) mass is 322 g/mol. The second kappa shape index (κ2) is 8.73. The summed E-state index contributed by atoms with van der Waals surface area (Å²) < 4.78 is 5.70.